The van der Waals surface area contributed by atoms with Crippen LogP contribution >= 0.6 is 15.9 Å². The molecule has 0 N–H and O–H groups in total. The maximum absolute atomic E-state index is 11.1. The van der Waals surface area contributed by atoms with E-state index in [2.05, 4.69) is 25.9 Å². The van der Waals surface area contributed by atoms with Gasteiger partial charge >= 0.3 is 0 Å². The SMILES string of the molecule is CC(=O)Cc1c(Br)nc2ncc(C)cn12. The molecule has 0 saturated heterocycles. The van der Waals surface area contributed by atoms with Crippen molar-refractivity contribution in [3.8, 4) is 0 Å². The van der Waals surface area contributed by atoms with E-state index in [1.54, 1.807) is 13.1 Å². The van der Waals surface area contributed by atoms with Crippen LogP contribution < -0.4 is 0 Å². The fraction of sp³-hybridized carbons (Fsp3) is 0.300. The number of carbonyl (C=O) groups is 1. The molecule has 0 fully saturated rings. The van der Waals surface area contributed by atoms with Crippen LogP contribution in [0.3, 0.4) is 0 Å². The zero-order valence-electron chi connectivity index (χ0n) is 8.49. The number of aromatic nitrogens is 3. The highest BCUT2D eigenvalue weighted by Gasteiger charge is 2.12. The van der Waals surface area contributed by atoms with Crippen LogP contribution in [-0.4, -0.2) is 20.2 Å². The van der Waals surface area contributed by atoms with Crippen LogP contribution in [0.15, 0.2) is 17.0 Å². The largest absolute Gasteiger partial charge is 0.300 e. The van der Waals surface area contributed by atoms with E-state index < -0.39 is 0 Å². The van der Waals surface area contributed by atoms with Gasteiger partial charge < -0.3 is 0 Å². The third-order valence-electron chi connectivity index (χ3n) is 2.08. The summed E-state index contributed by atoms with van der Waals surface area (Å²) in [5.41, 5.74) is 1.89. The fourth-order valence-corrected chi connectivity index (χ4v) is 1.93. The first-order valence-corrected chi connectivity index (χ1v) is 5.35. The van der Waals surface area contributed by atoms with Gasteiger partial charge in [-0.05, 0) is 35.3 Å². The Morgan fingerprint density at radius 3 is 3.00 bits per heavy atom. The van der Waals surface area contributed by atoms with Crippen molar-refractivity contribution in [3.63, 3.8) is 0 Å². The van der Waals surface area contributed by atoms with Gasteiger partial charge in [-0.25, -0.2) is 9.97 Å². The van der Waals surface area contributed by atoms with Crippen molar-refractivity contribution in [1.29, 1.82) is 0 Å². The first-order chi connectivity index (χ1) is 7.08. The van der Waals surface area contributed by atoms with Gasteiger partial charge in [-0.1, -0.05) is 0 Å². The minimum atomic E-state index is 0.110. The lowest BCUT2D eigenvalue weighted by Gasteiger charge is -2.00. The van der Waals surface area contributed by atoms with Gasteiger partial charge in [-0.15, -0.1) is 0 Å². The van der Waals surface area contributed by atoms with Gasteiger partial charge in [-0.2, -0.15) is 0 Å². The Morgan fingerprint density at radius 2 is 2.33 bits per heavy atom. The Labute approximate surface area is 95.5 Å². The average molecular weight is 268 g/mol. The van der Waals surface area contributed by atoms with E-state index in [-0.39, 0.29) is 5.78 Å². The van der Waals surface area contributed by atoms with Gasteiger partial charge in [0.2, 0.25) is 5.78 Å². The number of rotatable bonds is 2. The molecule has 4 nitrogen and oxygen atoms in total. The maximum Gasteiger partial charge on any atom is 0.235 e. The zero-order valence-corrected chi connectivity index (χ0v) is 10.1. The van der Waals surface area contributed by atoms with Crippen LogP contribution in [0, 0.1) is 6.92 Å². The zero-order chi connectivity index (χ0) is 11.0. The molecule has 5 heteroatoms. The van der Waals surface area contributed by atoms with Crippen molar-refractivity contribution in [2.45, 2.75) is 20.3 Å². The molecule has 0 aliphatic rings. The molecule has 0 radical (unpaired) electrons. The molecule has 0 unspecified atom stereocenters. The second kappa shape index (κ2) is 3.73. The van der Waals surface area contributed by atoms with Crippen LogP contribution in [0.4, 0.5) is 0 Å². The van der Waals surface area contributed by atoms with E-state index in [4.69, 9.17) is 0 Å². The highest BCUT2D eigenvalue weighted by Crippen LogP contribution is 2.18. The number of Topliss-reactive ketones (excluding diaryl/α,β-unsaturated/α-hetero) is 1. The Balaban J connectivity index is 2.65. The topological polar surface area (TPSA) is 47.3 Å². The van der Waals surface area contributed by atoms with Crippen molar-refractivity contribution < 1.29 is 4.79 Å². The lowest BCUT2D eigenvalue weighted by Crippen LogP contribution is -2.02. The quantitative estimate of drug-likeness (QED) is 0.836. The molecule has 15 heavy (non-hydrogen) atoms. The predicted octanol–water partition coefficient (Wildman–Crippen LogP) is 1.93. The van der Waals surface area contributed by atoms with Crippen LogP contribution in [-0.2, 0) is 11.2 Å². The number of imidazole rings is 1. The summed E-state index contributed by atoms with van der Waals surface area (Å²) in [6.45, 7) is 3.52. The Hall–Kier alpha value is -1.23. The van der Waals surface area contributed by atoms with Crippen molar-refractivity contribution >= 4 is 27.5 Å². The summed E-state index contributed by atoms with van der Waals surface area (Å²) < 4.78 is 2.54. The minimum Gasteiger partial charge on any atom is -0.300 e. The van der Waals surface area contributed by atoms with Gasteiger partial charge in [0.1, 0.15) is 10.4 Å². The molecule has 0 aliphatic carbocycles. The molecule has 0 saturated carbocycles. The van der Waals surface area contributed by atoms with Crippen LogP contribution in [0.1, 0.15) is 18.2 Å². The summed E-state index contributed by atoms with van der Waals surface area (Å²) in [4.78, 5) is 19.5. The van der Waals surface area contributed by atoms with Crippen molar-refractivity contribution in [2.75, 3.05) is 0 Å². The number of aryl methyl sites for hydroxylation is 1. The molecule has 0 spiro atoms. The third-order valence-corrected chi connectivity index (χ3v) is 2.71. The number of carbonyl (C=O) groups excluding carboxylic acids is 1. The molecule has 0 bridgehead atoms. The van der Waals surface area contributed by atoms with Gasteiger partial charge in [0.05, 0.1) is 5.69 Å². The normalized spacial score (nSPS) is 10.9. The van der Waals surface area contributed by atoms with Crippen LogP contribution in [0.2, 0.25) is 0 Å². The molecular formula is C10H10BrN3O. The smallest absolute Gasteiger partial charge is 0.235 e. The molecule has 2 aromatic heterocycles. The molecule has 2 heterocycles. The molecule has 2 rings (SSSR count). The number of hydrogen-bond donors (Lipinski definition) is 0. The number of halogens is 1. The molecule has 0 aromatic carbocycles. The van der Waals surface area contributed by atoms with Crippen LogP contribution in [0.5, 0.6) is 0 Å². The monoisotopic (exact) mass is 267 g/mol. The highest BCUT2D eigenvalue weighted by molar-refractivity contribution is 9.10. The van der Waals surface area contributed by atoms with Gasteiger partial charge in [0.25, 0.3) is 0 Å². The third kappa shape index (κ3) is 1.92. The number of fused-ring (bicyclic) bond motifs is 1. The summed E-state index contributed by atoms with van der Waals surface area (Å²) in [6.07, 6.45) is 4.05. The Bertz CT molecular complexity index is 533. The van der Waals surface area contributed by atoms with E-state index in [0.29, 0.717) is 16.8 Å². The van der Waals surface area contributed by atoms with E-state index in [9.17, 15) is 4.79 Å². The first-order valence-electron chi connectivity index (χ1n) is 4.56. The van der Waals surface area contributed by atoms with Gasteiger partial charge in [0.15, 0.2) is 0 Å². The summed E-state index contributed by atoms with van der Waals surface area (Å²) in [6, 6.07) is 0. The molecule has 0 amide bonds. The van der Waals surface area contributed by atoms with Crippen molar-refractivity contribution in [3.05, 3.63) is 28.3 Å². The summed E-state index contributed by atoms with van der Waals surface area (Å²) in [7, 11) is 0. The number of nitrogens with zero attached hydrogens (tertiary/aromatic N) is 3. The first kappa shape index (κ1) is 10.3. The summed E-state index contributed by atoms with van der Waals surface area (Å²) >= 11 is 3.34. The predicted molar refractivity (Wildman–Crippen MR) is 59.8 cm³/mol. The summed E-state index contributed by atoms with van der Waals surface area (Å²) in [5.74, 6) is 0.725. The maximum atomic E-state index is 11.1. The molecule has 2 aromatic rings. The number of ketones is 1. The molecule has 0 aliphatic heterocycles. The highest BCUT2D eigenvalue weighted by atomic mass is 79.9. The second-order valence-corrected chi connectivity index (χ2v) is 4.28. The lowest BCUT2D eigenvalue weighted by atomic mass is 10.2. The Kier molecular flexibility index (Phi) is 2.56. The van der Waals surface area contributed by atoms with Crippen LogP contribution in [0.25, 0.3) is 5.78 Å². The van der Waals surface area contributed by atoms with Crippen molar-refractivity contribution in [1.82, 2.24) is 14.4 Å². The van der Waals surface area contributed by atoms with Crippen molar-refractivity contribution in [2.24, 2.45) is 0 Å². The standard InChI is InChI=1S/C10H10BrN3O/c1-6-4-12-10-13-9(11)8(3-7(2)15)14(10)5-6/h4-5H,3H2,1-2H3. The summed E-state index contributed by atoms with van der Waals surface area (Å²) in [5, 5.41) is 0. The molecule has 78 valence electrons. The molecule has 0 atom stereocenters. The van der Waals surface area contributed by atoms with E-state index >= 15 is 0 Å². The van der Waals surface area contributed by atoms with Gasteiger partial charge in [-0.3, -0.25) is 9.20 Å². The van der Waals surface area contributed by atoms with E-state index in [1.165, 1.54) is 0 Å². The Morgan fingerprint density at radius 1 is 1.60 bits per heavy atom. The minimum absolute atomic E-state index is 0.110. The average Bonchev–Trinajstić information content (AvgIpc) is 2.43. The lowest BCUT2D eigenvalue weighted by molar-refractivity contribution is -0.116. The van der Waals surface area contributed by atoms with Gasteiger partial charge in [0, 0.05) is 18.8 Å². The van der Waals surface area contributed by atoms with E-state index in [1.807, 2.05) is 17.5 Å². The fourth-order valence-electron chi connectivity index (χ4n) is 1.44. The van der Waals surface area contributed by atoms with E-state index in [0.717, 1.165) is 11.3 Å². The number of hydrogen-bond acceptors (Lipinski definition) is 3. The second-order valence-electron chi connectivity index (χ2n) is 3.53. The molecular weight excluding hydrogens is 258 g/mol.